The molecule has 0 aliphatic rings. The molecule has 1 atom stereocenters. The number of hydrogen-bond donors (Lipinski definition) is 0. The minimum atomic E-state index is -0.200. The molecule has 0 nitrogen and oxygen atoms in total. The van der Waals surface area contributed by atoms with Gasteiger partial charge in [-0.1, -0.05) is 66.2 Å². The minimum Gasteiger partial charge on any atom is -0.207 e. The molecule has 0 amide bonds. The summed E-state index contributed by atoms with van der Waals surface area (Å²) in [5.41, 5.74) is 3.58. The first kappa shape index (κ1) is 13.3. The van der Waals surface area contributed by atoms with Crippen molar-refractivity contribution < 1.29 is 4.39 Å². The summed E-state index contributed by atoms with van der Waals surface area (Å²) in [6.45, 7) is 4.36. The van der Waals surface area contributed by atoms with Gasteiger partial charge in [0.25, 0.3) is 0 Å². The van der Waals surface area contributed by atoms with Crippen molar-refractivity contribution in [1.82, 2.24) is 0 Å². The Morgan fingerprint density at radius 1 is 0.778 bits per heavy atom. The smallest absolute Gasteiger partial charge is 0.123 e. The zero-order valence-corrected chi connectivity index (χ0v) is 12.1. The van der Waals surface area contributed by atoms with Gasteiger partial charge in [-0.25, -0.2) is 4.39 Å². The van der Waals surface area contributed by atoms with Crippen molar-refractivity contribution in [3.05, 3.63) is 71.0 Å². The van der Waals surface area contributed by atoms with Gasteiger partial charge in [0.05, 0.1) is 4.83 Å². The second kappa shape index (κ2) is 5.66. The monoisotopic (exact) mass is 306 g/mol. The van der Waals surface area contributed by atoms with Gasteiger partial charge in [0.1, 0.15) is 5.82 Å². The Balaban J connectivity index is 2.23. The van der Waals surface area contributed by atoms with Crippen molar-refractivity contribution in [2.75, 3.05) is 0 Å². The summed E-state index contributed by atoms with van der Waals surface area (Å²) in [5, 5.41) is 0. The lowest BCUT2D eigenvalue weighted by atomic mass is 9.99. The average Bonchev–Trinajstić information content (AvgIpc) is 2.39. The van der Waals surface area contributed by atoms with Gasteiger partial charge in [0.2, 0.25) is 0 Å². The summed E-state index contributed by atoms with van der Waals surface area (Å²) >= 11 is 3.66. The van der Waals surface area contributed by atoms with Crippen LogP contribution in [-0.2, 0) is 0 Å². The van der Waals surface area contributed by atoms with Crippen molar-refractivity contribution in [3.8, 4) is 0 Å². The van der Waals surface area contributed by atoms with Crippen molar-refractivity contribution in [2.24, 2.45) is 0 Å². The van der Waals surface area contributed by atoms with E-state index in [0.717, 1.165) is 5.56 Å². The average molecular weight is 307 g/mol. The molecule has 2 rings (SSSR count). The molecule has 2 aromatic carbocycles. The van der Waals surface area contributed by atoms with Gasteiger partial charge in [-0.3, -0.25) is 0 Å². The van der Waals surface area contributed by atoms with E-state index < -0.39 is 0 Å². The fourth-order valence-electron chi connectivity index (χ4n) is 1.87. The molecule has 0 saturated carbocycles. The fraction of sp³-hybridized carbons (Fsp3) is 0.250. The Morgan fingerprint density at radius 3 is 1.61 bits per heavy atom. The zero-order chi connectivity index (χ0) is 13.1. The maximum atomic E-state index is 12.9. The van der Waals surface area contributed by atoms with Crippen molar-refractivity contribution in [3.63, 3.8) is 0 Å². The molecule has 94 valence electrons. The molecule has 0 N–H and O–H groups in total. The Labute approximate surface area is 116 Å². The molecule has 0 saturated heterocycles. The molecule has 2 aromatic rings. The van der Waals surface area contributed by atoms with E-state index in [1.165, 1.54) is 23.3 Å². The van der Waals surface area contributed by atoms with Crippen LogP contribution >= 0.6 is 15.9 Å². The van der Waals surface area contributed by atoms with Gasteiger partial charge in [-0.05, 0) is 34.7 Å². The molecule has 0 heterocycles. The minimum absolute atomic E-state index is 0.110. The van der Waals surface area contributed by atoms with Crippen molar-refractivity contribution in [2.45, 2.75) is 24.6 Å². The van der Waals surface area contributed by atoms with E-state index in [1.807, 2.05) is 12.1 Å². The number of halogens is 2. The van der Waals surface area contributed by atoms with E-state index in [4.69, 9.17) is 0 Å². The van der Waals surface area contributed by atoms with E-state index in [0.29, 0.717) is 5.92 Å². The predicted octanol–water partition coefficient (Wildman–Crippen LogP) is 5.43. The Kier molecular flexibility index (Phi) is 4.18. The summed E-state index contributed by atoms with van der Waals surface area (Å²) in [5.74, 6) is 0.340. The molecular weight excluding hydrogens is 291 g/mol. The van der Waals surface area contributed by atoms with Crippen LogP contribution in [0.2, 0.25) is 0 Å². The lowest BCUT2D eigenvalue weighted by Crippen LogP contribution is -1.94. The van der Waals surface area contributed by atoms with Crippen LogP contribution in [-0.4, -0.2) is 0 Å². The molecule has 0 radical (unpaired) electrons. The van der Waals surface area contributed by atoms with Crippen LogP contribution in [0, 0.1) is 5.82 Å². The van der Waals surface area contributed by atoms with Crippen molar-refractivity contribution in [1.29, 1.82) is 0 Å². The van der Waals surface area contributed by atoms with Crippen LogP contribution in [0.15, 0.2) is 48.5 Å². The molecule has 0 aliphatic carbocycles. The largest absolute Gasteiger partial charge is 0.207 e. The summed E-state index contributed by atoms with van der Waals surface area (Å²) in [6, 6.07) is 15.2. The molecule has 0 aromatic heterocycles. The quantitative estimate of drug-likeness (QED) is 0.663. The number of alkyl halides is 1. The maximum Gasteiger partial charge on any atom is 0.123 e. The molecule has 2 heteroatoms. The summed E-state index contributed by atoms with van der Waals surface area (Å²) in [6.07, 6.45) is 0. The highest BCUT2D eigenvalue weighted by molar-refractivity contribution is 9.09. The van der Waals surface area contributed by atoms with E-state index in [-0.39, 0.29) is 10.6 Å². The number of benzene rings is 2. The third-order valence-electron chi connectivity index (χ3n) is 3.06. The van der Waals surface area contributed by atoms with Gasteiger partial charge >= 0.3 is 0 Å². The highest BCUT2D eigenvalue weighted by Gasteiger charge is 2.10. The van der Waals surface area contributed by atoms with Gasteiger partial charge in [0.15, 0.2) is 0 Å². The predicted molar refractivity (Wildman–Crippen MR) is 77.7 cm³/mol. The molecule has 1 unspecified atom stereocenters. The van der Waals surface area contributed by atoms with Gasteiger partial charge < -0.3 is 0 Å². The molecule has 0 bridgehead atoms. The highest BCUT2D eigenvalue weighted by Crippen LogP contribution is 2.31. The van der Waals surface area contributed by atoms with E-state index in [1.54, 1.807) is 0 Å². The van der Waals surface area contributed by atoms with Gasteiger partial charge in [0, 0.05) is 0 Å². The highest BCUT2D eigenvalue weighted by atomic mass is 79.9. The Hall–Kier alpha value is -1.15. The van der Waals surface area contributed by atoms with Crippen molar-refractivity contribution >= 4 is 15.9 Å². The van der Waals surface area contributed by atoms with E-state index >= 15 is 0 Å². The lowest BCUT2D eigenvalue weighted by molar-refractivity contribution is 0.627. The SMILES string of the molecule is CC(C)c1ccc(C(Br)c2ccc(F)cc2)cc1. The molecular formula is C16H16BrF. The van der Waals surface area contributed by atoms with E-state index in [2.05, 4.69) is 54.0 Å². The first-order valence-electron chi connectivity index (χ1n) is 6.07. The summed E-state index contributed by atoms with van der Waals surface area (Å²) in [7, 11) is 0. The van der Waals surface area contributed by atoms with Crippen LogP contribution < -0.4 is 0 Å². The van der Waals surface area contributed by atoms with E-state index in [9.17, 15) is 4.39 Å². The first-order valence-corrected chi connectivity index (χ1v) is 6.99. The molecule has 0 fully saturated rings. The second-order valence-electron chi connectivity index (χ2n) is 4.74. The maximum absolute atomic E-state index is 12.9. The topological polar surface area (TPSA) is 0 Å². The van der Waals surface area contributed by atoms with Crippen LogP contribution in [0.5, 0.6) is 0 Å². The third-order valence-corrected chi connectivity index (χ3v) is 4.12. The zero-order valence-electron chi connectivity index (χ0n) is 10.5. The number of hydrogen-bond acceptors (Lipinski definition) is 0. The molecule has 18 heavy (non-hydrogen) atoms. The van der Waals surface area contributed by atoms with Crippen LogP contribution in [0.25, 0.3) is 0 Å². The normalized spacial score (nSPS) is 12.7. The van der Waals surface area contributed by atoms with Crippen LogP contribution in [0.3, 0.4) is 0 Å². The molecule has 0 aliphatic heterocycles. The fourth-order valence-corrected chi connectivity index (χ4v) is 2.48. The summed E-state index contributed by atoms with van der Waals surface area (Å²) < 4.78 is 12.9. The van der Waals surface area contributed by atoms with Gasteiger partial charge in [-0.2, -0.15) is 0 Å². The molecule has 0 spiro atoms. The summed E-state index contributed by atoms with van der Waals surface area (Å²) in [4.78, 5) is 0.110. The Morgan fingerprint density at radius 2 is 1.17 bits per heavy atom. The standard InChI is InChI=1S/C16H16BrF/c1-11(2)12-3-5-13(6-4-12)16(17)14-7-9-15(18)10-8-14/h3-11,16H,1-2H3. The third kappa shape index (κ3) is 2.99. The van der Waals surface area contributed by atoms with Crippen LogP contribution in [0.1, 0.15) is 41.3 Å². The van der Waals surface area contributed by atoms with Gasteiger partial charge in [-0.15, -0.1) is 0 Å². The second-order valence-corrected chi connectivity index (χ2v) is 5.65. The first-order chi connectivity index (χ1) is 8.58. The Bertz CT molecular complexity index is 500. The number of rotatable bonds is 3. The lowest BCUT2D eigenvalue weighted by Gasteiger charge is -2.12. The van der Waals surface area contributed by atoms with Crippen LogP contribution in [0.4, 0.5) is 4.39 Å².